The summed E-state index contributed by atoms with van der Waals surface area (Å²) in [6.45, 7) is 0. The standard InChI is InChI=1S/C64H41N5/c1-4-19-42(20-5-1)45-25-18-26-48(39-45)68-57-32-15-11-28-50(57)52-41-47(36-38-58(52)68)46-35-37-54-51(40-46)49-27-10-12-29-53(49)64(54)55-30-13-16-33-59(55)69(60-34-17-14-31-56(60)64)63-66-61(43-21-6-2-7-22-43)65-62(67-63)44-23-8-3-9-24-44/h1-41H. The Labute approximate surface area is 399 Å². The molecular formula is C64H41N5. The summed E-state index contributed by atoms with van der Waals surface area (Å²) in [5.41, 5.74) is 18.9. The molecule has 2 aromatic heterocycles. The Bertz CT molecular complexity index is 3870. The summed E-state index contributed by atoms with van der Waals surface area (Å²) in [6.07, 6.45) is 0. The van der Waals surface area contributed by atoms with E-state index in [-0.39, 0.29) is 0 Å². The predicted molar refractivity (Wildman–Crippen MR) is 281 cm³/mol. The van der Waals surface area contributed by atoms with Gasteiger partial charge in [-0.2, -0.15) is 9.97 Å². The van der Waals surface area contributed by atoms with Gasteiger partial charge in [0.1, 0.15) is 0 Å². The maximum Gasteiger partial charge on any atom is 0.238 e. The zero-order chi connectivity index (χ0) is 45.5. The quantitative estimate of drug-likeness (QED) is 0.167. The topological polar surface area (TPSA) is 46.8 Å². The van der Waals surface area contributed by atoms with Crippen LogP contribution >= 0.6 is 0 Å². The van der Waals surface area contributed by atoms with Crippen molar-refractivity contribution in [3.8, 4) is 61.8 Å². The number of aromatic nitrogens is 4. The fourth-order valence-electron chi connectivity index (χ4n) is 11.3. The lowest BCUT2D eigenvalue weighted by atomic mass is 9.64. The Balaban J connectivity index is 0.938. The van der Waals surface area contributed by atoms with Crippen LogP contribution in [0.15, 0.2) is 249 Å². The average molecular weight is 880 g/mol. The van der Waals surface area contributed by atoms with E-state index in [0.717, 1.165) is 28.2 Å². The first kappa shape index (κ1) is 39.0. The highest BCUT2D eigenvalue weighted by atomic mass is 15.3. The lowest BCUT2D eigenvalue weighted by molar-refractivity contribution is 0.749. The number of rotatable bonds is 6. The van der Waals surface area contributed by atoms with E-state index in [1.807, 2.05) is 36.4 Å². The molecule has 1 aliphatic carbocycles. The molecule has 0 fully saturated rings. The van der Waals surface area contributed by atoms with E-state index in [1.165, 1.54) is 77.4 Å². The van der Waals surface area contributed by atoms with Crippen LogP contribution in [0, 0.1) is 0 Å². The third kappa shape index (κ3) is 5.94. The number of hydrogen-bond donors (Lipinski definition) is 0. The van der Waals surface area contributed by atoms with Crippen molar-refractivity contribution in [1.82, 2.24) is 19.5 Å². The lowest BCUT2D eigenvalue weighted by Gasteiger charge is -2.44. The van der Waals surface area contributed by atoms with E-state index in [9.17, 15) is 0 Å². The van der Waals surface area contributed by atoms with Crippen molar-refractivity contribution in [3.05, 3.63) is 271 Å². The van der Waals surface area contributed by atoms with Gasteiger partial charge in [0, 0.05) is 27.6 Å². The molecule has 14 rings (SSSR count). The molecule has 12 aromatic rings. The largest absolute Gasteiger partial charge is 0.309 e. The summed E-state index contributed by atoms with van der Waals surface area (Å²) in [5.74, 6) is 1.82. The van der Waals surface area contributed by atoms with Gasteiger partial charge in [-0.3, -0.25) is 4.90 Å². The summed E-state index contributed by atoms with van der Waals surface area (Å²) in [5, 5.41) is 2.46. The molecule has 0 amide bonds. The molecule has 0 bridgehead atoms. The van der Waals surface area contributed by atoms with E-state index in [4.69, 9.17) is 15.0 Å². The van der Waals surface area contributed by atoms with E-state index < -0.39 is 5.41 Å². The van der Waals surface area contributed by atoms with Crippen LogP contribution in [-0.2, 0) is 5.41 Å². The molecule has 5 heteroatoms. The van der Waals surface area contributed by atoms with Crippen molar-refractivity contribution in [2.75, 3.05) is 4.90 Å². The summed E-state index contributed by atoms with van der Waals surface area (Å²) in [7, 11) is 0. The smallest absolute Gasteiger partial charge is 0.238 e. The molecule has 3 heterocycles. The van der Waals surface area contributed by atoms with Gasteiger partial charge in [0.05, 0.1) is 27.8 Å². The highest BCUT2D eigenvalue weighted by Gasteiger charge is 2.52. The van der Waals surface area contributed by atoms with Gasteiger partial charge in [-0.05, 0) is 104 Å². The van der Waals surface area contributed by atoms with Crippen molar-refractivity contribution in [1.29, 1.82) is 0 Å². The first-order chi connectivity index (χ1) is 34.2. The number of hydrogen-bond acceptors (Lipinski definition) is 4. The van der Waals surface area contributed by atoms with Crippen LogP contribution in [0.5, 0.6) is 0 Å². The van der Waals surface area contributed by atoms with Gasteiger partial charge in [0.2, 0.25) is 5.95 Å². The zero-order valence-electron chi connectivity index (χ0n) is 37.4. The van der Waals surface area contributed by atoms with Gasteiger partial charge in [-0.15, -0.1) is 0 Å². The van der Waals surface area contributed by atoms with E-state index in [1.54, 1.807) is 0 Å². The number of anilines is 3. The van der Waals surface area contributed by atoms with Crippen molar-refractivity contribution >= 4 is 39.1 Å². The molecule has 0 unspecified atom stereocenters. The highest BCUT2D eigenvalue weighted by Crippen LogP contribution is 2.63. The molecular weight excluding hydrogens is 839 g/mol. The van der Waals surface area contributed by atoms with Gasteiger partial charge >= 0.3 is 0 Å². The average Bonchev–Trinajstić information content (AvgIpc) is 3.92. The minimum atomic E-state index is -0.614. The van der Waals surface area contributed by atoms with Crippen molar-refractivity contribution in [2.45, 2.75) is 5.41 Å². The fraction of sp³-hybridized carbons (Fsp3) is 0.0156. The minimum absolute atomic E-state index is 0.569. The molecule has 0 atom stereocenters. The number of nitrogens with zero attached hydrogens (tertiary/aromatic N) is 5. The van der Waals surface area contributed by atoms with Crippen molar-refractivity contribution < 1.29 is 0 Å². The molecule has 0 N–H and O–H groups in total. The molecule has 69 heavy (non-hydrogen) atoms. The van der Waals surface area contributed by atoms with E-state index in [0.29, 0.717) is 17.6 Å². The van der Waals surface area contributed by atoms with Gasteiger partial charge < -0.3 is 4.57 Å². The highest BCUT2D eigenvalue weighted by molar-refractivity contribution is 6.11. The Morgan fingerprint density at radius 2 is 0.812 bits per heavy atom. The molecule has 2 aliphatic rings. The van der Waals surface area contributed by atoms with Gasteiger partial charge in [0.15, 0.2) is 11.6 Å². The van der Waals surface area contributed by atoms with Crippen LogP contribution in [-0.4, -0.2) is 19.5 Å². The lowest BCUT2D eigenvalue weighted by Crippen LogP contribution is -2.36. The summed E-state index contributed by atoms with van der Waals surface area (Å²) >= 11 is 0. The Hall–Kier alpha value is -9.19. The Morgan fingerprint density at radius 1 is 0.304 bits per heavy atom. The van der Waals surface area contributed by atoms with Crippen LogP contribution in [0.3, 0.4) is 0 Å². The van der Waals surface area contributed by atoms with E-state index in [2.05, 4.69) is 222 Å². The third-order valence-corrected chi connectivity index (χ3v) is 14.2. The first-order valence-corrected chi connectivity index (χ1v) is 23.5. The Kier molecular flexibility index (Phi) is 8.73. The maximum absolute atomic E-state index is 5.28. The molecule has 0 radical (unpaired) electrons. The molecule has 322 valence electrons. The molecule has 1 aliphatic heterocycles. The third-order valence-electron chi connectivity index (χ3n) is 14.2. The Morgan fingerprint density at radius 3 is 1.51 bits per heavy atom. The van der Waals surface area contributed by atoms with Crippen LogP contribution in [0.1, 0.15) is 22.3 Å². The molecule has 0 saturated carbocycles. The first-order valence-electron chi connectivity index (χ1n) is 23.5. The fourth-order valence-corrected chi connectivity index (χ4v) is 11.3. The predicted octanol–water partition coefficient (Wildman–Crippen LogP) is 15.8. The summed E-state index contributed by atoms with van der Waals surface area (Å²) < 4.78 is 2.41. The normalized spacial score (nSPS) is 13.0. The van der Waals surface area contributed by atoms with Crippen LogP contribution in [0.4, 0.5) is 17.3 Å². The van der Waals surface area contributed by atoms with Gasteiger partial charge in [-0.1, -0.05) is 200 Å². The van der Waals surface area contributed by atoms with Crippen LogP contribution < -0.4 is 4.90 Å². The SMILES string of the molecule is c1ccc(-c2cccc(-n3c4ccccc4c4cc(-c5ccc6c(c5)-c5ccccc5C65c6ccccc6N(c6nc(-c7ccccc7)nc(-c7ccccc7)n6)c6ccccc65)ccc43)c2)cc1. The number of benzene rings is 10. The molecule has 0 saturated heterocycles. The zero-order valence-corrected chi connectivity index (χ0v) is 37.4. The molecule has 1 spiro atoms. The molecule has 5 nitrogen and oxygen atoms in total. The van der Waals surface area contributed by atoms with Crippen LogP contribution in [0.2, 0.25) is 0 Å². The van der Waals surface area contributed by atoms with Crippen molar-refractivity contribution in [2.24, 2.45) is 0 Å². The minimum Gasteiger partial charge on any atom is -0.309 e. The number of fused-ring (bicyclic) bond motifs is 12. The van der Waals surface area contributed by atoms with Crippen LogP contribution in [0.25, 0.3) is 83.6 Å². The van der Waals surface area contributed by atoms with Gasteiger partial charge in [-0.25, -0.2) is 4.98 Å². The van der Waals surface area contributed by atoms with Crippen molar-refractivity contribution in [3.63, 3.8) is 0 Å². The van der Waals surface area contributed by atoms with Gasteiger partial charge in [0.25, 0.3) is 0 Å². The second kappa shape index (κ2) is 15.4. The van der Waals surface area contributed by atoms with E-state index >= 15 is 0 Å². The summed E-state index contributed by atoms with van der Waals surface area (Å²) in [6, 6.07) is 89.4. The second-order valence-corrected chi connectivity index (χ2v) is 17.9. The second-order valence-electron chi connectivity index (χ2n) is 17.9. The maximum atomic E-state index is 5.28. The monoisotopic (exact) mass is 879 g/mol. The number of para-hydroxylation sites is 3. The summed E-state index contributed by atoms with van der Waals surface area (Å²) in [4.78, 5) is 17.9. The molecule has 10 aromatic carbocycles.